The molecule has 0 radical (unpaired) electrons. The smallest absolute Gasteiger partial charge is 0.264 e. The summed E-state index contributed by atoms with van der Waals surface area (Å²) >= 11 is 0. The second-order valence-corrected chi connectivity index (χ2v) is 7.38. The van der Waals surface area contributed by atoms with Gasteiger partial charge in [0.2, 0.25) is 0 Å². The van der Waals surface area contributed by atoms with Gasteiger partial charge in [-0.25, -0.2) is 0 Å². The van der Waals surface area contributed by atoms with Crippen LogP contribution in [0.1, 0.15) is 0 Å². The van der Waals surface area contributed by atoms with Crippen molar-refractivity contribution in [1.82, 2.24) is 0 Å². The molecule has 12 heteroatoms. The first-order chi connectivity index (χ1) is 8.83. The fourth-order valence-corrected chi connectivity index (χ4v) is 1.81. The van der Waals surface area contributed by atoms with Crippen LogP contribution < -0.4 is 0 Å². The first-order valence-electron chi connectivity index (χ1n) is 5.24. The molecule has 0 spiro atoms. The standard InChI is InChI=1S/C8H18O10S2/c1-19(13,14)17-3-5(9)7(11)8(12)6(10)4-18-20(2,15)16/h5-12H,3-4H2,1-2H3/t5-,6+,7+,8-. The predicted molar refractivity (Wildman–Crippen MR) is 65.6 cm³/mol. The Bertz CT molecular complexity index is 437. The van der Waals surface area contributed by atoms with Crippen LogP contribution in [0.3, 0.4) is 0 Å². The summed E-state index contributed by atoms with van der Waals surface area (Å²) in [4.78, 5) is 0. The molecule has 0 fully saturated rings. The highest BCUT2D eigenvalue weighted by molar-refractivity contribution is 7.86. The minimum Gasteiger partial charge on any atom is -0.388 e. The maximum atomic E-state index is 10.7. The third-order valence-electron chi connectivity index (χ3n) is 2.04. The molecule has 4 N–H and O–H groups in total. The van der Waals surface area contributed by atoms with E-state index in [1.807, 2.05) is 0 Å². The molecular weight excluding hydrogens is 320 g/mol. The molecule has 0 bridgehead atoms. The van der Waals surface area contributed by atoms with Crippen LogP contribution in [0.2, 0.25) is 0 Å². The Morgan fingerprint density at radius 2 is 1.00 bits per heavy atom. The maximum Gasteiger partial charge on any atom is 0.264 e. The Hall–Kier alpha value is -0.340. The fraction of sp³-hybridized carbons (Fsp3) is 1.00. The van der Waals surface area contributed by atoms with Gasteiger partial charge in [0.25, 0.3) is 20.2 Å². The van der Waals surface area contributed by atoms with Gasteiger partial charge in [-0.15, -0.1) is 0 Å². The number of aliphatic hydroxyl groups is 4. The average molecular weight is 338 g/mol. The Labute approximate surface area is 116 Å². The Balaban J connectivity index is 4.41. The number of aliphatic hydroxyl groups excluding tert-OH is 4. The lowest BCUT2D eigenvalue weighted by Crippen LogP contribution is -2.48. The van der Waals surface area contributed by atoms with E-state index in [0.717, 1.165) is 12.5 Å². The summed E-state index contributed by atoms with van der Waals surface area (Å²) in [6, 6.07) is 0. The molecule has 10 nitrogen and oxygen atoms in total. The van der Waals surface area contributed by atoms with Crippen LogP contribution in [0.5, 0.6) is 0 Å². The molecule has 0 saturated heterocycles. The lowest BCUT2D eigenvalue weighted by Gasteiger charge is -2.25. The summed E-state index contributed by atoms with van der Waals surface area (Å²) in [5.41, 5.74) is 0. The SMILES string of the molecule is CS(=O)(=O)OC[C@@H](O)[C@H](O)[C@H](O)[C@@H](O)COS(C)(=O)=O. The second kappa shape index (κ2) is 7.61. The van der Waals surface area contributed by atoms with Crippen LogP contribution >= 0.6 is 0 Å². The van der Waals surface area contributed by atoms with Gasteiger partial charge in [-0.3, -0.25) is 8.37 Å². The van der Waals surface area contributed by atoms with Crippen molar-refractivity contribution in [3.63, 3.8) is 0 Å². The van der Waals surface area contributed by atoms with Crippen LogP contribution in [0.15, 0.2) is 0 Å². The van der Waals surface area contributed by atoms with E-state index in [1.165, 1.54) is 0 Å². The first kappa shape index (κ1) is 19.7. The molecule has 0 aromatic rings. The molecule has 0 heterocycles. The van der Waals surface area contributed by atoms with Gasteiger partial charge in [0, 0.05) is 0 Å². The minimum atomic E-state index is -3.85. The highest BCUT2D eigenvalue weighted by Crippen LogP contribution is 2.08. The lowest BCUT2D eigenvalue weighted by atomic mass is 10.0. The third-order valence-corrected chi connectivity index (χ3v) is 3.17. The highest BCUT2D eigenvalue weighted by atomic mass is 32.2. The molecule has 20 heavy (non-hydrogen) atoms. The normalized spacial score (nSPS) is 19.3. The van der Waals surface area contributed by atoms with Gasteiger partial charge in [0.1, 0.15) is 24.4 Å². The van der Waals surface area contributed by atoms with E-state index in [-0.39, 0.29) is 0 Å². The zero-order valence-electron chi connectivity index (χ0n) is 10.8. The lowest BCUT2D eigenvalue weighted by molar-refractivity contribution is -0.118. The Morgan fingerprint density at radius 1 is 0.750 bits per heavy atom. The van der Waals surface area contributed by atoms with E-state index in [1.54, 1.807) is 0 Å². The highest BCUT2D eigenvalue weighted by Gasteiger charge is 2.31. The van der Waals surface area contributed by atoms with Crippen molar-refractivity contribution < 1.29 is 45.6 Å². The molecule has 0 aromatic carbocycles. The summed E-state index contributed by atoms with van der Waals surface area (Å²) in [6.07, 6.45) is -6.11. The molecule has 0 aliphatic heterocycles. The van der Waals surface area contributed by atoms with Crippen molar-refractivity contribution in [3.05, 3.63) is 0 Å². The second-order valence-electron chi connectivity index (χ2n) is 4.09. The molecule has 0 unspecified atom stereocenters. The number of hydrogen-bond donors (Lipinski definition) is 4. The van der Waals surface area contributed by atoms with Gasteiger partial charge in [0.15, 0.2) is 0 Å². The van der Waals surface area contributed by atoms with Gasteiger partial charge < -0.3 is 20.4 Å². The van der Waals surface area contributed by atoms with Crippen molar-refractivity contribution >= 4 is 20.2 Å². The van der Waals surface area contributed by atoms with Crippen molar-refractivity contribution in [3.8, 4) is 0 Å². The van der Waals surface area contributed by atoms with Gasteiger partial charge in [-0.1, -0.05) is 0 Å². The zero-order valence-corrected chi connectivity index (χ0v) is 12.4. The molecule has 0 rings (SSSR count). The molecule has 4 atom stereocenters. The van der Waals surface area contributed by atoms with Crippen LogP contribution in [0, 0.1) is 0 Å². The molecule has 122 valence electrons. The molecule has 0 aliphatic carbocycles. The van der Waals surface area contributed by atoms with Gasteiger partial charge in [0.05, 0.1) is 25.7 Å². The monoisotopic (exact) mass is 338 g/mol. The summed E-state index contributed by atoms with van der Waals surface area (Å²) in [6.45, 7) is -1.67. The van der Waals surface area contributed by atoms with E-state index >= 15 is 0 Å². The third kappa shape index (κ3) is 8.76. The van der Waals surface area contributed by atoms with Crippen LogP contribution in [0.4, 0.5) is 0 Å². The van der Waals surface area contributed by atoms with Gasteiger partial charge >= 0.3 is 0 Å². The summed E-state index contributed by atoms with van der Waals surface area (Å²) in [5, 5.41) is 37.6. The Morgan fingerprint density at radius 3 is 1.20 bits per heavy atom. The van der Waals surface area contributed by atoms with E-state index in [0.29, 0.717) is 0 Å². The van der Waals surface area contributed by atoms with Gasteiger partial charge in [-0.05, 0) is 0 Å². The maximum absolute atomic E-state index is 10.7. The van der Waals surface area contributed by atoms with Crippen LogP contribution in [-0.2, 0) is 28.6 Å². The van der Waals surface area contributed by atoms with E-state index in [9.17, 15) is 37.3 Å². The van der Waals surface area contributed by atoms with Crippen molar-refractivity contribution in [2.24, 2.45) is 0 Å². The molecular formula is C8H18O10S2. The van der Waals surface area contributed by atoms with Crippen LogP contribution in [-0.4, -0.2) is 87.4 Å². The van der Waals surface area contributed by atoms with Crippen molar-refractivity contribution in [2.45, 2.75) is 24.4 Å². The molecule has 0 aliphatic rings. The first-order valence-corrected chi connectivity index (χ1v) is 8.88. The quantitative estimate of drug-likeness (QED) is 0.308. The largest absolute Gasteiger partial charge is 0.388 e. The predicted octanol–water partition coefficient (Wildman–Crippen LogP) is -3.62. The molecule has 0 saturated carbocycles. The minimum absolute atomic E-state index is 0.720. The Kier molecular flexibility index (Phi) is 7.48. The molecule has 0 amide bonds. The van der Waals surface area contributed by atoms with Crippen molar-refractivity contribution in [2.75, 3.05) is 25.7 Å². The average Bonchev–Trinajstić information content (AvgIpc) is 2.29. The number of rotatable bonds is 9. The van der Waals surface area contributed by atoms with Crippen LogP contribution in [0.25, 0.3) is 0 Å². The summed E-state index contributed by atoms with van der Waals surface area (Å²) in [5.74, 6) is 0. The van der Waals surface area contributed by atoms with E-state index in [2.05, 4.69) is 8.37 Å². The topological polar surface area (TPSA) is 168 Å². The summed E-state index contributed by atoms with van der Waals surface area (Å²) < 4.78 is 51.0. The van der Waals surface area contributed by atoms with E-state index < -0.39 is 57.9 Å². The van der Waals surface area contributed by atoms with E-state index in [4.69, 9.17) is 0 Å². The number of hydrogen-bond acceptors (Lipinski definition) is 10. The molecule has 0 aromatic heterocycles. The summed E-state index contributed by atoms with van der Waals surface area (Å²) in [7, 11) is -7.69. The van der Waals surface area contributed by atoms with Crippen molar-refractivity contribution in [1.29, 1.82) is 0 Å². The van der Waals surface area contributed by atoms with Gasteiger partial charge in [-0.2, -0.15) is 16.8 Å². The fourth-order valence-electron chi connectivity index (χ4n) is 1.04. The zero-order chi connectivity index (χ0) is 16.1.